The van der Waals surface area contributed by atoms with Gasteiger partial charge in [-0.2, -0.15) is 9.78 Å². The zero-order valence-electron chi connectivity index (χ0n) is 9.16. The summed E-state index contributed by atoms with van der Waals surface area (Å²) in [6.07, 6.45) is 1.72. The van der Waals surface area contributed by atoms with E-state index in [0.717, 1.165) is 0 Å². The van der Waals surface area contributed by atoms with Gasteiger partial charge in [0.1, 0.15) is 0 Å². The Labute approximate surface area is 97.2 Å². The lowest BCUT2D eigenvalue weighted by Gasteiger charge is -2.21. The van der Waals surface area contributed by atoms with Crippen LogP contribution in [0.3, 0.4) is 0 Å². The van der Waals surface area contributed by atoms with E-state index in [9.17, 15) is 9.59 Å². The molecule has 0 saturated heterocycles. The maximum atomic E-state index is 10.6. The minimum absolute atomic E-state index is 0.0527. The van der Waals surface area contributed by atoms with Crippen LogP contribution < -0.4 is 0 Å². The molecule has 17 heavy (non-hydrogen) atoms. The number of hydrogen-bond acceptors (Lipinski definition) is 6. The largest absolute Gasteiger partial charge is 0.481 e. The first kappa shape index (κ1) is 15.8. The molecule has 100 valence electrons. The van der Waals surface area contributed by atoms with E-state index in [1.165, 1.54) is 0 Å². The van der Waals surface area contributed by atoms with Crippen LogP contribution in [0.5, 0.6) is 0 Å². The summed E-state index contributed by atoms with van der Waals surface area (Å²) < 4.78 is 0. The second-order valence-corrected chi connectivity index (χ2v) is 3.55. The molecule has 0 aromatic rings. The van der Waals surface area contributed by atoms with Gasteiger partial charge < -0.3 is 10.2 Å². The normalized spacial score (nSPS) is 11.4. The first-order valence-corrected chi connectivity index (χ1v) is 5.09. The first-order chi connectivity index (χ1) is 7.98. The molecule has 0 amide bonds. The molecule has 0 aliphatic carbocycles. The van der Waals surface area contributed by atoms with Gasteiger partial charge in [-0.15, -0.1) is 0 Å². The summed E-state index contributed by atoms with van der Waals surface area (Å²) in [5.41, 5.74) is 0. The van der Waals surface area contributed by atoms with Crippen molar-refractivity contribution in [1.29, 1.82) is 0 Å². The van der Waals surface area contributed by atoms with Crippen molar-refractivity contribution in [2.75, 3.05) is 0 Å². The number of carbonyl (C=O) groups is 2. The van der Waals surface area contributed by atoms with E-state index in [2.05, 4.69) is 9.78 Å². The summed E-state index contributed by atoms with van der Waals surface area (Å²) in [5.74, 6) is -5.00. The molecule has 0 fully saturated rings. The Morgan fingerprint density at radius 3 is 1.88 bits per heavy atom. The summed E-state index contributed by atoms with van der Waals surface area (Å²) in [6.45, 7) is 0. The second kappa shape index (κ2) is 7.96. The van der Waals surface area contributed by atoms with Crippen LogP contribution in [-0.2, 0) is 19.4 Å². The topological polar surface area (TPSA) is 134 Å². The average molecular weight is 252 g/mol. The van der Waals surface area contributed by atoms with E-state index in [1.807, 2.05) is 0 Å². The van der Waals surface area contributed by atoms with Gasteiger partial charge in [-0.1, -0.05) is 12.8 Å². The van der Waals surface area contributed by atoms with Crippen molar-refractivity contribution in [2.45, 2.75) is 44.3 Å². The quantitative estimate of drug-likeness (QED) is 0.197. The zero-order chi connectivity index (χ0) is 13.3. The van der Waals surface area contributed by atoms with Gasteiger partial charge in [-0.3, -0.25) is 4.79 Å². The molecule has 8 heteroatoms. The third-order valence-corrected chi connectivity index (χ3v) is 2.27. The van der Waals surface area contributed by atoms with Crippen molar-refractivity contribution in [3.05, 3.63) is 0 Å². The highest BCUT2D eigenvalue weighted by molar-refractivity contribution is 5.75. The standard InChI is InChI=1S/C9H16O8/c10-7(11)5-3-1-2-4-6-9(16-14,17-15)8(12)13/h14-15H,1-6H2,(H,10,11)(H,12,13). The van der Waals surface area contributed by atoms with Crippen molar-refractivity contribution < 1.29 is 40.1 Å². The molecule has 0 aromatic heterocycles. The van der Waals surface area contributed by atoms with E-state index in [0.29, 0.717) is 25.7 Å². The Bertz CT molecular complexity index is 247. The third-order valence-electron chi connectivity index (χ3n) is 2.27. The highest BCUT2D eigenvalue weighted by Gasteiger charge is 2.42. The van der Waals surface area contributed by atoms with Crippen molar-refractivity contribution in [3.8, 4) is 0 Å². The third kappa shape index (κ3) is 5.59. The second-order valence-electron chi connectivity index (χ2n) is 3.55. The fourth-order valence-corrected chi connectivity index (χ4v) is 1.28. The van der Waals surface area contributed by atoms with Crippen LogP contribution in [0.15, 0.2) is 0 Å². The van der Waals surface area contributed by atoms with Crippen LogP contribution in [0.1, 0.15) is 38.5 Å². The smallest absolute Gasteiger partial charge is 0.370 e. The summed E-state index contributed by atoms with van der Waals surface area (Å²) in [7, 11) is 0. The molecule has 0 spiro atoms. The van der Waals surface area contributed by atoms with Crippen LogP contribution in [0.2, 0.25) is 0 Å². The number of hydrogen-bond donors (Lipinski definition) is 4. The maximum Gasteiger partial charge on any atom is 0.370 e. The molecule has 0 unspecified atom stereocenters. The van der Waals surface area contributed by atoms with Crippen molar-refractivity contribution >= 4 is 11.9 Å². The Kier molecular flexibility index (Phi) is 7.39. The Balaban J connectivity index is 3.84. The minimum Gasteiger partial charge on any atom is -0.481 e. The average Bonchev–Trinajstić information content (AvgIpc) is 2.28. The number of carboxylic acids is 2. The maximum absolute atomic E-state index is 10.6. The SMILES string of the molecule is O=C(O)CCCCCCC(OO)(OO)C(=O)O. The van der Waals surface area contributed by atoms with Gasteiger partial charge in [0.25, 0.3) is 0 Å². The van der Waals surface area contributed by atoms with E-state index >= 15 is 0 Å². The molecule has 0 atom stereocenters. The Morgan fingerprint density at radius 1 is 0.941 bits per heavy atom. The molecule has 0 aromatic carbocycles. The molecular weight excluding hydrogens is 236 g/mol. The van der Waals surface area contributed by atoms with Gasteiger partial charge in [-0.25, -0.2) is 15.3 Å². The lowest BCUT2D eigenvalue weighted by molar-refractivity contribution is -0.472. The zero-order valence-corrected chi connectivity index (χ0v) is 9.16. The van der Waals surface area contributed by atoms with Crippen LogP contribution in [-0.4, -0.2) is 38.5 Å². The molecule has 0 aliphatic heterocycles. The van der Waals surface area contributed by atoms with Crippen molar-refractivity contribution in [2.24, 2.45) is 0 Å². The molecule has 8 nitrogen and oxygen atoms in total. The van der Waals surface area contributed by atoms with Gasteiger partial charge in [0.2, 0.25) is 0 Å². The monoisotopic (exact) mass is 252 g/mol. The van der Waals surface area contributed by atoms with Gasteiger partial charge in [-0.05, 0) is 12.8 Å². The molecule has 0 saturated carbocycles. The highest BCUT2D eigenvalue weighted by Crippen LogP contribution is 2.20. The lowest BCUT2D eigenvalue weighted by Crippen LogP contribution is -2.42. The summed E-state index contributed by atoms with van der Waals surface area (Å²) in [6, 6.07) is 0. The van der Waals surface area contributed by atoms with Crippen LogP contribution in [0, 0.1) is 0 Å². The van der Waals surface area contributed by atoms with E-state index in [-0.39, 0.29) is 12.8 Å². The lowest BCUT2D eigenvalue weighted by atomic mass is 10.1. The molecule has 0 rings (SSSR count). The first-order valence-electron chi connectivity index (χ1n) is 5.09. The van der Waals surface area contributed by atoms with E-state index < -0.39 is 17.7 Å². The van der Waals surface area contributed by atoms with Gasteiger partial charge in [0.15, 0.2) is 0 Å². The van der Waals surface area contributed by atoms with E-state index in [4.69, 9.17) is 20.7 Å². The molecule has 4 N–H and O–H groups in total. The van der Waals surface area contributed by atoms with Gasteiger partial charge >= 0.3 is 17.7 Å². The van der Waals surface area contributed by atoms with Crippen LogP contribution in [0.25, 0.3) is 0 Å². The number of aliphatic carboxylic acids is 2. The highest BCUT2D eigenvalue weighted by atomic mass is 17.2. The molecule has 0 radical (unpaired) electrons. The Hall–Kier alpha value is -1.22. The number of carboxylic acid groups (broad SMARTS) is 2. The Morgan fingerprint density at radius 2 is 1.47 bits per heavy atom. The summed E-state index contributed by atoms with van der Waals surface area (Å²) >= 11 is 0. The molecular formula is C9H16O8. The predicted octanol–water partition coefficient (Wildman–Crippen LogP) is 1.17. The summed E-state index contributed by atoms with van der Waals surface area (Å²) in [5, 5.41) is 33.8. The predicted molar refractivity (Wildman–Crippen MR) is 53.1 cm³/mol. The fourth-order valence-electron chi connectivity index (χ4n) is 1.28. The minimum atomic E-state index is -2.47. The van der Waals surface area contributed by atoms with Gasteiger partial charge in [0, 0.05) is 12.8 Å². The van der Waals surface area contributed by atoms with Crippen LogP contribution >= 0.6 is 0 Å². The van der Waals surface area contributed by atoms with Crippen molar-refractivity contribution in [3.63, 3.8) is 0 Å². The molecule has 0 bridgehead atoms. The number of unbranched alkanes of at least 4 members (excludes halogenated alkanes) is 3. The van der Waals surface area contributed by atoms with Gasteiger partial charge in [0.05, 0.1) is 0 Å². The molecule has 0 aliphatic rings. The van der Waals surface area contributed by atoms with Crippen molar-refractivity contribution in [1.82, 2.24) is 0 Å². The van der Waals surface area contributed by atoms with E-state index in [1.54, 1.807) is 0 Å². The van der Waals surface area contributed by atoms with Crippen LogP contribution in [0.4, 0.5) is 0 Å². The number of rotatable bonds is 10. The molecule has 0 heterocycles. The summed E-state index contributed by atoms with van der Waals surface area (Å²) in [4.78, 5) is 28.1. The fraction of sp³-hybridized carbons (Fsp3) is 0.778.